The summed E-state index contributed by atoms with van der Waals surface area (Å²) in [4.78, 5) is 26.5. The summed E-state index contributed by atoms with van der Waals surface area (Å²) < 4.78 is 5.63. The highest BCUT2D eigenvalue weighted by Crippen LogP contribution is 2.46. The van der Waals surface area contributed by atoms with Gasteiger partial charge in [0, 0.05) is 0 Å². The van der Waals surface area contributed by atoms with Crippen LogP contribution in [0.4, 0.5) is 5.69 Å². The third kappa shape index (κ3) is 1.34. The normalized spacial score (nSPS) is 34.2. The lowest BCUT2D eigenvalue weighted by molar-refractivity contribution is -0.124. The molecule has 4 atom stereocenters. The van der Waals surface area contributed by atoms with Crippen LogP contribution in [0.5, 0.6) is 0 Å². The molecule has 0 saturated carbocycles. The Hall–Kier alpha value is -1.94. The van der Waals surface area contributed by atoms with Gasteiger partial charge in [0.1, 0.15) is 0 Å². The largest absolute Gasteiger partial charge is 0.365 e. The van der Waals surface area contributed by atoms with Crippen LogP contribution in [0.3, 0.4) is 0 Å². The Bertz CT molecular complexity index is 634. The lowest BCUT2D eigenvalue weighted by Gasteiger charge is -2.18. The second-order valence-electron chi connectivity index (χ2n) is 5.78. The lowest BCUT2D eigenvalue weighted by atomic mass is 9.85. The quantitative estimate of drug-likeness (QED) is 0.576. The summed E-state index contributed by atoms with van der Waals surface area (Å²) >= 11 is 0. The van der Waals surface area contributed by atoms with Crippen molar-refractivity contribution in [3.63, 3.8) is 0 Å². The van der Waals surface area contributed by atoms with Gasteiger partial charge in [0.05, 0.1) is 29.7 Å². The summed E-state index contributed by atoms with van der Waals surface area (Å²) in [6.07, 6.45) is 3.36. The number of nitrogens with zero attached hydrogens (tertiary/aromatic N) is 1. The Balaban J connectivity index is 1.76. The van der Waals surface area contributed by atoms with Gasteiger partial charge < -0.3 is 4.74 Å². The number of amides is 2. The van der Waals surface area contributed by atoms with Gasteiger partial charge in [0.2, 0.25) is 11.8 Å². The highest BCUT2D eigenvalue weighted by molar-refractivity contribution is 6.23. The van der Waals surface area contributed by atoms with Crippen molar-refractivity contribution in [1.29, 1.82) is 0 Å². The second-order valence-corrected chi connectivity index (χ2v) is 5.78. The van der Waals surface area contributed by atoms with Gasteiger partial charge in [0.15, 0.2) is 0 Å². The average Bonchev–Trinajstić information content (AvgIpc) is 3.08. The smallest absolute Gasteiger partial charge is 0.240 e. The van der Waals surface area contributed by atoms with E-state index >= 15 is 0 Å². The summed E-state index contributed by atoms with van der Waals surface area (Å²) in [5.74, 6) is -0.918. The molecule has 4 rings (SSSR count). The second kappa shape index (κ2) is 3.79. The maximum absolute atomic E-state index is 12.6. The third-order valence-corrected chi connectivity index (χ3v) is 4.66. The van der Waals surface area contributed by atoms with Gasteiger partial charge in [-0.1, -0.05) is 18.2 Å². The fourth-order valence-electron chi connectivity index (χ4n) is 3.42. The van der Waals surface area contributed by atoms with E-state index in [0.29, 0.717) is 5.69 Å². The number of imide groups is 1. The molecule has 2 fully saturated rings. The molecule has 2 amide bonds. The van der Waals surface area contributed by atoms with Gasteiger partial charge in [-0.15, -0.1) is 0 Å². The molecule has 0 radical (unpaired) electrons. The number of carbonyl (C=O) groups is 2. The predicted octanol–water partition coefficient (Wildman–Crippen LogP) is 1.75. The van der Waals surface area contributed by atoms with Crippen LogP contribution in [0.25, 0.3) is 0 Å². The summed E-state index contributed by atoms with van der Waals surface area (Å²) in [5.41, 5.74) is 2.91. The van der Waals surface area contributed by atoms with Gasteiger partial charge >= 0.3 is 0 Å². The molecule has 0 aromatic heterocycles. The zero-order valence-corrected chi connectivity index (χ0v) is 11.4. The van der Waals surface area contributed by atoms with E-state index in [4.69, 9.17) is 4.74 Å². The fourth-order valence-corrected chi connectivity index (χ4v) is 3.42. The number of fused-ring (bicyclic) bond motifs is 5. The van der Waals surface area contributed by atoms with Crippen molar-refractivity contribution in [3.05, 3.63) is 41.5 Å². The molecule has 3 aliphatic rings. The number of anilines is 1. The van der Waals surface area contributed by atoms with Crippen LogP contribution in [-0.4, -0.2) is 24.0 Å². The monoisotopic (exact) mass is 269 g/mol. The number of carbonyl (C=O) groups excluding carboxylic acids is 2. The van der Waals surface area contributed by atoms with Crippen LogP contribution in [0.15, 0.2) is 30.4 Å². The van der Waals surface area contributed by atoms with Crippen molar-refractivity contribution in [2.45, 2.75) is 26.1 Å². The number of hydrogen-bond acceptors (Lipinski definition) is 3. The van der Waals surface area contributed by atoms with Crippen molar-refractivity contribution in [3.8, 4) is 0 Å². The Morgan fingerprint density at radius 3 is 2.10 bits per heavy atom. The van der Waals surface area contributed by atoms with Gasteiger partial charge in [0.25, 0.3) is 0 Å². The van der Waals surface area contributed by atoms with E-state index in [9.17, 15) is 9.59 Å². The van der Waals surface area contributed by atoms with Crippen LogP contribution in [0.1, 0.15) is 11.1 Å². The molecule has 2 saturated heterocycles. The van der Waals surface area contributed by atoms with Crippen LogP contribution < -0.4 is 4.90 Å². The molecule has 0 unspecified atom stereocenters. The first-order valence-electron chi connectivity index (χ1n) is 6.87. The minimum Gasteiger partial charge on any atom is -0.365 e. The molecular weight excluding hydrogens is 254 g/mol. The van der Waals surface area contributed by atoms with Crippen LogP contribution in [0, 0.1) is 25.7 Å². The van der Waals surface area contributed by atoms with E-state index in [1.54, 1.807) is 0 Å². The molecule has 0 N–H and O–H groups in total. The van der Waals surface area contributed by atoms with Crippen LogP contribution in [0.2, 0.25) is 0 Å². The van der Waals surface area contributed by atoms with E-state index in [1.165, 1.54) is 4.90 Å². The molecule has 3 aliphatic heterocycles. The van der Waals surface area contributed by atoms with E-state index in [-0.39, 0.29) is 35.9 Å². The zero-order valence-electron chi connectivity index (χ0n) is 11.4. The van der Waals surface area contributed by atoms with Crippen LogP contribution >= 0.6 is 0 Å². The van der Waals surface area contributed by atoms with Crippen molar-refractivity contribution in [2.24, 2.45) is 11.8 Å². The lowest BCUT2D eigenvalue weighted by Crippen LogP contribution is -2.34. The van der Waals surface area contributed by atoms with Crippen molar-refractivity contribution >= 4 is 17.5 Å². The molecule has 0 aliphatic carbocycles. The first kappa shape index (κ1) is 11.9. The maximum Gasteiger partial charge on any atom is 0.240 e. The molecule has 2 bridgehead atoms. The van der Waals surface area contributed by atoms with E-state index < -0.39 is 0 Å². The van der Waals surface area contributed by atoms with Crippen molar-refractivity contribution in [1.82, 2.24) is 0 Å². The highest BCUT2D eigenvalue weighted by Gasteiger charge is 2.60. The third-order valence-electron chi connectivity index (χ3n) is 4.66. The van der Waals surface area contributed by atoms with Crippen LogP contribution in [-0.2, 0) is 14.3 Å². The van der Waals surface area contributed by atoms with Crippen molar-refractivity contribution in [2.75, 3.05) is 4.90 Å². The maximum atomic E-state index is 12.6. The Morgan fingerprint density at radius 1 is 0.950 bits per heavy atom. The molecule has 1 aromatic rings. The number of hydrogen-bond donors (Lipinski definition) is 0. The molecule has 102 valence electrons. The number of benzene rings is 1. The molecule has 4 heteroatoms. The predicted molar refractivity (Wildman–Crippen MR) is 73.2 cm³/mol. The van der Waals surface area contributed by atoms with E-state index in [0.717, 1.165) is 11.1 Å². The highest BCUT2D eigenvalue weighted by atomic mass is 16.5. The van der Waals surface area contributed by atoms with Gasteiger partial charge in [-0.05, 0) is 37.1 Å². The summed E-state index contributed by atoms with van der Waals surface area (Å²) in [6.45, 7) is 4.00. The Labute approximate surface area is 117 Å². The molecule has 4 nitrogen and oxygen atoms in total. The first-order chi connectivity index (χ1) is 9.58. The summed E-state index contributed by atoms with van der Waals surface area (Å²) in [5, 5.41) is 0. The van der Waals surface area contributed by atoms with Gasteiger partial charge in [-0.3, -0.25) is 9.59 Å². The number of ether oxygens (including phenoxy) is 1. The standard InChI is InChI=1S/C16H15NO3/c1-8-3-4-10(7-9(8)2)17-15(18)13-11-5-6-12(20-11)14(13)16(17)19/h3-7,11-14H,1-2H3/t11-,12-,13-,14+/m0/s1. The molecule has 20 heavy (non-hydrogen) atoms. The first-order valence-corrected chi connectivity index (χ1v) is 6.87. The minimum atomic E-state index is -0.334. The molecule has 1 aromatic carbocycles. The molecule has 3 heterocycles. The number of aryl methyl sites for hydroxylation is 2. The summed E-state index contributed by atoms with van der Waals surface area (Å²) in [7, 11) is 0. The molecular formula is C16H15NO3. The zero-order chi connectivity index (χ0) is 14.0. The van der Waals surface area contributed by atoms with E-state index in [2.05, 4.69) is 0 Å². The van der Waals surface area contributed by atoms with Gasteiger partial charge in [-0.2, -0.15) is 0 Å². The average molecular weight is 269 g/mol. The summed E-state index contributed by atoms with van der Waals surface area (Å²) in [6, 6.07) is 5.69. The topological polar surface area (TPSA) is 46.6 Å². The van der Waals surface area contributed by atoms with Gasteiger partial charge in [-0.25, -0.2) is 4.90 Å². The Morgan fingerprint density at radius 2 is 1.55 bits per heavy atom. The number of rotatable bonds is 1. The fraction of sp³-hybridized carbons (Fsp3) is 0.375. The van der Waals surface area contributed by atoms with Crippen molar-refractivity contribution < 1.29 is 14.3 Å². The minimum absolute atomic E-state index is 0.125. The van der Waals surface area contributed by atoms with E-state index in [1.807, 2.05) is 44.2 Å². The molecule has 0 spiro atoms. The Kier molecular flexibility index (Phi) is 2.25. The SMILES string of the molecule is Cc1ccc(N2C(=O)[C@@H]3[C@H](C2=O)[C@@H]2C=C[C@@H]3O2)cc1C.